The van der Waals surface area contributed by atoms with Gasteiger partial charge in [-0.25, -0.2) is 13.0 Å². The lowest BCUT2D eigenvalue weighted by atomic mass is 10.1. The monoisotopic (exact) mass is 910 g/mol. The number of fused-ring (bicyclic) bond motifs is 1. The fourth-order valence-corrected chi connectivity index (χ4v) is 9.69. The van der Waals surface area contributed by atoms with Crippen LogP contribution < -0.4 is 39.2 Å². The van der Waals surface area contributed by atoms with Crippen LogP contribution in [0.4, 0.5) is 13.2 Å². The van der Waals surface area contributed by atoms with Crippen molar-refractivity contribution < 1.29 is 59.3 Å². The smallest absolute Gasteiger partial charge is 0.417 e. The summed E-state index contributed by atoms with van der Waals surface area (Å²) in [4.78, 5) is 23.9. The van der Waals surface area contributed by atoms with Gasteiger partial charge in [0.2, 0.25) is 0 Å². The Kier molecular flexibility index (Phi) is 14.8. The number of nitriles is 1. The molecule has 0 spiro atoms. The molecule has 62 heavy (non-hydrogen) atoms. The third kappa shape index (κ3) is 12.0. The Morgan fingerprint density at radius 3 is 2.15 bits per heavy atom. The first-order valence-electron chi connectivity index (χ1n) is 18.6. The molecule has 0 radical (unpaired) electrons. The molecular weight excluding hydrogens is 873 g/mol. The predicted molar refractivity (Wildman–Crippen MR) is 224 cm³/mol. The number of rotatable bonds is 20. The highest BCUT2D eigenvalue weighted by molar-refractivity contribution is 7.92. The molecular formula is C42H38F3N4O10PS2. The Balaban J connectivity index is 1.12. The quantitative estimate of drug-likeness (QED) is 0.0432. The predicted octanol–water partition coefficient (Wildman–Crippen LogP) is 7.60. The standard InChI is InChI=1S/C42H38F3N4O10PS2/c43-42(44,45)34-22-32(15-14-30(34)24-47)59-60(51,52)27-49-62(53,54)39-21-31-20-36(55-18-16-46)37(23-38(31)61-39)56-19-17-48-41(50)33-12-7-13-35(57-25-28-8-3-1-4-9-28)40(33)58-26-29-10-5-2-6-11-29/h1-15,20-23,49H,16-19,25-27,46H2,(H,48,50)(H,51,52). The van der Waals surface area contributed by atoms with Gasteiger partial charge in [0.15, 0.2) is 23.0 Å². The minimum Gasteiger partial charge on any atom is -0.488 e. The zero-order valence-corrected chi connectivity index (χ0v) is 35.0. The summed E-state index contributed by atoms with van der Waals surface area (Å²) in [5.41, 5.74) is 5.58. The summed E-state index contributed by atoms with van der Waals surface area (Å²) in [6.07, 6.45) is -6.15. The van der Waals surface area contributed by atoms with E-state index in [1.165, 1.54) is 24.3 Å². The van der Waals surface area contributed by atoms with Crippen molar-refractivity contribution in [3.05, 3.63) is 143 Å². The van der Waals surface area contributed by atoms with Gasteiger partial charge >= 0.3 is 13.8 Å². The maximum atomic E-state index is 13.6. The lowest BCUT2D eigenvalue weighted by Gasteiger charge is -2.17. The van der Waals surface area contributed by atoms with Crippen LogP contribution in [0.2, 0.25) is 0 Å². The van der Waals surface area contributed by atoms with Crippen molar-refractivity contribution in [2.24, 2.45) is 5.73 Å². The van der Waals surface area contributed by atoms with Crippen LogP contribution in [0.3, 0.4) is 0 Å². The fraction of sp³-hybridized carbons (Fsp3) is 0.190. The SMILES string of the molecule is N#Cc1ccc(OP(=O)(O)CNS(=O)(=O)c2cc3cc(OCCN)c(OCCNC(=O)c4cccc(OCc5ccccc5)c4OCc4ccccc4)cc3s2)cc1C(F)(F)F. The molecule has 6 rings (SSSR count). The van der Waals surface area contributed by atoms with Crippen molar-refractivity contribution >= 4 is 44.9 Å². The lowest BCUT2D eigenvalue weighted by molar-refractivity contribution is -0.137. The van der Waals surface area contributed by atoms with E-state index in [2.05, 4.69) is 5.32 Å². The summed E-state index contributed by atoms with van der Waals surface area (Å²) in [7, 11) is -9.37. The van der Waals surface area contributed by atoms with E-state index in [9.17, 15) is 35.8 Å². The van der Waals surface area contributed by atoms with E-state index in [4.69, 9.17) is 34.5 Å². The molecule has 1 aromatic heterocycles. The van der Waals surface area contributed by atoms with Gasteiger partial charge in [0, 0.05) is 17.3 Å². The van der Waals surface area contributed by atoms with Crippen LogP contribution in [0, 0.1) is 11.3 Å². The molecule has 5 N–H and O–H groups in total. The lowest BCUT2D eigenvalue weighted by Crippen LogP contribution is -2.28. The van der Waals surface area contributed by atoms with Crippen molar-refractivity contribution in [2.75, 3.05) is 32.6 Å². The number of para-hydroxylation sites is 1. The first-order chi connectivity index (χ1) is 29.7. The average Bonchev–Trinajstić information content (AvgIpc) is 3.69. The number of alkyl halides is 3. The maximum absolute atomic E-state index is 13.6. The van der Waals surface area contributed by atoms with E-state index >= 15 is 0 Å². The van der Waals surface area contributed by atoms with E-state index in [0.29, 0.717) is 21.9 Å². The number of thiophene rings is 1. The Morgan fingerprint density at radius 1 is 0.823 bits per heavy atom. The summed E-state index contributed by atoms with van der Waals surface area (Å²) < 4.78 is 110. The molecule has 1 atom stereocenters. The Bertz CT molecular complexity index is 2720. The Labute approximate surface area is 358 Å². The zero-order chi connectivity index (χ0) is 44.3. The molecule has 0 fully saturated rings. The average molecular weight is 911 g/mol. The van der Waals surface area contributed by atoms with Gasteiger partial charge in [-0.05, 0) is 59.0 Å². The van der Waals surface area contributed by atoms with E-state index < -0.39 is 52.9 Å². The van der Waals surface area contributed by atoms with E-state index in [0.717, 1.165) is 34.6 Å². The van der Waals surface area contributed by atoms with Crippen molar-refractivity contribution in [3.63, 3.8) is 0 Å². The molecule has 6 aromatic rings. The van der Waals surface area contributed by atoms with Gasteiger partial charge in [-0.15, -0.1) is 11.3 Å². The van der Waals surface area contributed by atoms with Gasteiger partial charge < -0.3 is 39.4 Å². The number of carbonyl (C=O) groups is 1. The minimum absolute atomic E-state index is 0.0255. The van der Waals surface area contributed by atoms with E-state index in [1.54, 1.807) is 18.2 Å². The number of carbonyl (C=O) groups excluding carboxylic acids is 1. The molecule has 0 aliphatic rings. The molecule has 0 aliphatic carbocycles. The number of ether oxygens (including phenoxy) is 4. The Morgan fingerprint density at radius 2 is 1.48 bits per heavy atom. The fourth-order valence-electron chi connectivity index (χ4n) is 5.74. The van der Waals surface area contributed by atoms with Crippen LogP contribution in [0.25, 0.3) is 10.1 Å². The number of amides is 1. The van der Waals surface area contributed by atoms with Crippen molar-refractivity contribution in [1.29, 1.82) is 5.26 Å². The highest BCUT2D eigenvalue weighted by Gasteiger charge is 2.35. The number of benzene rings is 5. The first-order valence-corrected chi connectivity index (χ1v) is 22.6. The van der Waals surface area contributed by atoms with Crippen LogP contribution in [0.1, 0.15) is 32.6 Å². The second kappa shape index (κ2) is 20.2. The van der Waals surface area contributed by atoms with Gasteiger partial charge in [0.05, 0.1) is 29.3 Å². The molecule has 0 bridgehead atoms. The molecule has 1 amide bonds. The highest BCUT2D eigenvalue weighted by atomic mass is 32.2. The second-order valence-electron chi connectivity index (χ2n) is 13.2. The van der Waals surface area contributed by atoms with E-state index in [-0.39, 0.29) is 66.5 Å². The summed E-state index contributed by atoms with van der Waals surface area (Å²) in [6, 6.07) is 31.8. The molecule has 20 heteroatoms. The van der Waals surface area contributed by atoms with Gasteiger partial charge in [-0.3, -0.25) is 4.79 Å². The summed E-state index contributed by atoms with van der Waals surface area (Å²) in [6.45, 7) is 0.627. The molecule has 14 nitrogen and oxygen atoms in total. The minimum atomic E-state index is -4.96. The third-order valence-corrected chi connectivity index (χ3v) is 12.9. The van der Waals surface area contributed by atoms with Crippen LogP contribution >= 0.6 is 18.9 Å². The number of halogens is 3. The normalized spacial score (nSPS) is 12.5. The van der Waals surface area contributed by atoms with Gasteiger partial charge in [-0.2, -0.15) is 23.2 Å². The number of nitrogens with one attached hydrogen (secondary N) is 2. The molecule has 1 heterocycles. The maximum Gasteiger partial charge on any atom is 0.417 e. The zero-order valence-electron chi connectivity index (χ0n) is 32.5. The van der Waals surface area contributed by atoms with Crippen LogP contribution in [0.5, 0.6) is 28.7 Å². The van der Waals surface area contributed by atoms with Crippen LogP contribution in [0.15, 0.2) is 119 Å². The summed E-state index contributed by atoms with van der Waals surface area (Å²) in [5, 5.41) is 12.2. The number of hydrogen-bond donors (Lipinski definition) is 4. The Hall–Kier alpha value is -6.13. The van der Waals surface area contributed by atoms with Crippen LogP contribution in [-0.4, -0.2) is 51.8 Å². The molecule has 0 aliphatic heterocycles. The topological polar surface area (TPSA) is 209 Å². The number of nitrogens with two attached hydrogens (primary N) is 1. The van der Waals surface area contributed by atoms with Gasteiger partial charge in [0.1, 0.15) is 42.7 Å². The van der Waals surface area contributed by atoms with Gasteiger partial charge in [-0.1, -0.05) is 66.7 Å². The van der Waals surface area contributed by atoms with Gasteiger partial charge in [0.25, 0.3) is 15.9 Å². The molecule has 0 saturated heterocycles. The molecule has 1 unspecified atom stereocenters. The van der Waals surface area contributed by atoms with Crippen molar-refractivity contribution in [1.82, 2.24) is 10.0 Å². The molecule has 5 aromatic carbocycles. The summed E-state index contributed by atoms with van der Waals surface area (Å²) >= 11 is 0.790. The summed E-state index contributed by atoms with van der Waals surface area (Å²) in [5.74, 6) is -0.101. The largest absolute Gasteiger partial charge is 0.488 e. The van der Waals surface area contributed by atoms with E-state index in [1.807, 2.05) is 65.4 Å². The number of hydrogen-bond acceptors (Lipinski definition) is 12. The number of sulfonamides is 1. The third-order valence-electron chi connectivity index (χ3n) is 8.65. The second-order valence-corrected chi connectivity index (χ2v) is 18.0. The van der Waals surface area contributed by atoms with Crippen LogP contribution in [-0.2, 0) is 34.0 Å². The van der Waals surface area contributed by atoms with Crippen molar-refractivity contribution in [2.45, 2.75) is 23.6 Å². The van der Waals surface area contributed by atoms with Crippen molar-refractivity contribution in [3.8, 4) is 34.8 Å². The number of nitrogens with zero attached hydrogens (tertiary/aromatic N) is 1. The molecule has 0 saturated carbocycles. The first kappa shape index (κ1) is 45.4. The highest BCUT2D eigenvalue weighted by Crippen LogP contribution is 2.44. The molecule has 324 valence electrons.